The van der Waals surface area contributed by atoms with Gasteiger partial charge in [0.2, 0.25) is 0 Å². The summed E-state index contributed by atoms with van der Waals surface area (Å²) in [7, 11) is 0. The summed E-state index contributed by atoms with van der Waals surface area (Å²) in [4.78, 5) is 0. The van der Waals surface area contributed by atoms with Crippen molar-refractivity contribution >= 4 is 11.6 Å². The molecule has 0 aliphatic heterocycles. The number of rotatable bonds is 7. The van der Waals surface area contributed by atoms with Gasteiger partial charge in [-0.25, -0.2) is 4.39 Å². The number of halogens is 2. The Labute approximate surface area is 165 Å². The summed E-state index contributed by atoms with van der Waals surface area (Å²) in [6.45, 7) is 5.52. The van der Waals surface area contributed by atoms with Gasteiger partial charge in [0.15, 0.2) is 0 Å². The van der Waals surface area contributed by atoms with Crippen LogP contribution in [0.2, 0.25) is 5.02 Å². The minimum absolute atomic E-state index is 0.0870. The van der Waals surface area contributed by atoms with E-state index in [1.807, 2.05) is 30.3 Å². The van der Waals surface area contributed by atoms with Crippen molar-refractivity contribution in [3.63, 3.8) is 0 Å². The van der Waals surface area contributed by atoms with Gasteiger partial charge in [0, 0.05) is 10.4 Å². The van der Waals surface area contributed by atoms with Gasteiger partial charge < -0.3 is 4.74 Å². The van der Waals surface area contributed by atoms with Crippen molar-refractivity contribution in [1.29, 1.82) is 0 Å². The van der Waals surface area contributed by atoms with Crippen LogP contribution in [-0.4, -0.2) is 6.61 Å². The third-order valence-electron chi connectivity index (χ3n) is 4.67. The summed E-state index contributed by atoms with van der Waals surface area (Å²) in [6.07, 6.45) is 0.782. The molecule has 0 N–H and O–H groups in total. The lowest BCUT2D eigenvalue weighted by Crippen LogP contribution is -2.24. The summed E-state index contributed by atoms with van der Waals surface area (Å²) in [5.41, 5.74) is 4.55. The van der Waals surface area contributed by atoms with Crippen LogP contribution >= 0.6 is 11.6 Å². The van der Waals surface area contributed by atoms with Crippen molar-refractivity contribution in [1.82, 2.24) is 0 Å². The van der Waals surface area contributed by atoms with E-state index in [0.717, 1.165) is 22.6 Å². The maximum atomic E-state index is 13.0. The lowest BCUT2D eigenvalue weighted by atomic mass is 9.86. The van der Waals surface area contributed by atoms with E-state index in [0.29, 0.717) is 13.2 Å². The van der Waals surface area contributed by atoms with Crippen LogP contribution in [0, 0.1) is 5.82 Å². The molecule has 0 amide bonds. The predicted molar refractivity (Wildman–Crippen MR) is 110 cm³/mol. The lowest BCUT2D eigenvalue weighted by Gasteiger charge is -2.25. The zero-order chi connectivity index (χ0) is 19.3. The first-order valence-electron chi connectivity index (χ1n) is 9.08. The zero-order valence-corrected chi connectivity index (χ0v) is 16.5. The molecule has 1 nitrogen and oxygen atoms in total. The van der Waals surface area contributed by atoms with Crippen LogP contribution in [0.1, 0.15) is 36.1 Å². The van der Waals surface area contributed by atoms with E-state index in [1.54, 1.807) is 0 Å². The first kappa shape index (κ1) is 19.6. The van der Waals surface area contributed by atoms with E-state index in [9.17, 15) is 4.39 Å². The van der Waals surface area contributed by atoms with Gasteiger partial charge >= 0.3 is 0 Å². The van der Waals surface area contributed by atoms with E-state index < -0.39 is 0 Å². The molecule has 0 unspecified atom stereocenters. The van der Waals surface area contributed by atoms with Gasteiger partial charge in [-0.3, -0.25) is 0 Å². The molecule has 0 bridgehead atoms. The molecular weight excluding hydrogens is 359 g/mol. The highest BCUT2D eigenvalue weighted by Gasteiger charge is 2.20. The average molecular weight is 383 g/mol. The smallest absolute Gasteiger partial charge is 0.123 e. The Morgan fingerprint density at radius 3 is 2.22 bits per heavy atom. The molecule has 0 aliphatic rings. The van der Waals surface area contributed by atoms with E-state index in [1.165, 1.54) is 23.3 Å². The molecule has 0 aromatic heterocycles. The Morgan fingerprint density at radius 2 is 1.52 bits per heavy atom. The third kappa shape index (κ3) is 5.66. The standard InChI is InChI=1S/C24H24ClFO/c1-24(2,21-8-10-22(25)11-9-21)17-27-16-20-5-3-4-19(15-20)14-18-6-12-23(26)13-7-18/h3-13,15H,14,16-17H2,1-2H3. The molecule has 0 spiro atoms. The van der Waals surface area contributed by atoms with Crippen LogP contribution in [0.5, 0.6) is 0 Å². The summed E-state index contributed by atoms with van der Waals surface area (Å²) >= 11 is 5.98. The topological polar surface area (TPSA) is 9.23 Å². The van der Waals surface area contributed by atoms with Gasteiger partial charge in [-0.2, -0.15) is 0 Å². The molecule has 0 radical (unpaired) electrons. The fourth-order valence-corrected chi connectivity index (χ4v) is 3.20. The zero-order valence-electron chi connectivity index (χ0n) is 15.7. The minimum atomic E-state index is -0.204. The maximum absolute atomic E-state index is 13.0. The van der Waals surface area contributed by atoms with Crippen molar-refractivity contribution < 1.29 is 9.13 Å². The molecule has 140 valence electrons. The van der Waals surface area contributed by atoms with Crippen molar-refractivity contribution in [2.75, 3.05) is 6.61 Å². The van der Waals surface area contributed by atoms with Crippen molar-refractivity contribution in [3.05, 3.63) is 106 Å². The molecule has 3 aromatic carbocycles. The average Bonchev–Trinajstić information content (AvgIpc) is 2.64. The molecule has 3 rings (SSSR count). The molecule has 3 heteroatoms. The second-order valence-electron chi connectivity index (χ2n) is 7.51. The van der Waals surface area contributed by atoms with Gasteiger partial charge in [-0.15, -0.1) is 0 Å². The highest BCUT2D eigenvalue weighted by molar-refractivity contribution is 6.30. The number of hydrogen-bond acceptors (Lipinski definition) is 1. The fraction of sp³-hybridized carbons (Fsp3) is 0.250. The van der Waals surface area contributed by atoms with Crippen LogP contribution in [0.15, 0.2) is 72.8 Å². The Kier molecular flexibility index (Phi) is 6.30. The normalized spacial score (nSPS) is 11.6. The second-order valence-corrected chi connectivity index (χ2v) is 7.94. The summed E-state index contributed by atoms with van der Waals surface area (Å²) in [5, 5.41) is 0.744. The molecule has 0 fully saturated rings. The van der Waals surface area contributed by atoms with E-state index >= 15 is 0 Å². The first-order chi connectivity index (χ1) is 12.9. The lowest BCUT2D eigenvalue weighted by molar-refractivity contribution is 0.0824. The Morgan fingerprint density at radius 1 is 0.852 bits per heavy atom. The van der Waals surface area contributed by atoms with Crippen LogP contribution in [0.4, 0.5) is 4.39 Å². The van der Waals surface area contributed by atoms with Crippen LogP contribution in [0.3, 0.4) is 0 Å². The SMILES string of the molecule is CC(C)(COCc1cccc(Cc2ccc(F)cc2)c1)c1ccc(Cl)cc1. The van der Waals surface area contributed by atoms with Crippen LogP contribution in [0.25, 0.3) is 0 Å². The van der Waals surface area contributed by atoms with Gasteiger partial charge in [0.25, 0.3) is 0 Å². The van der Waals surface area contributed by atoms with Gasteiger partial charge in [0.05, 0.1) is 13.2 Å². The molecule has 3 aromatic rings. The van der Waals surface area contributed by atoms with Crippen LogP contribution < -0.4 is 0 Å². The molecule has 0 heterocycles. The first-order valence-corrected chi connectivity index (χ1v) is 9.46. The molecule has 0 atom stereocenters. The Bertz CT molecular complexity index is 870. The predicted octanol–water partition coefficient (Wildman–Crippen LogP) is 6.56. The van der Waals surface area contributed by atoms with E-state index in [-0.39, 0.29) is 11.2 Å². The number of ether oxygens (including phenoxy) is 1. The largest absolute Gasteiger partial charge is 0.376 e. The molecule has 27 heavy (non-hydrogen) atoms. The highest BCUT2D eigenvalue weighted by Crippen LogP contribution is 2.25. The quantitative estimate of drug-likeness (QED) is 0.449. The monoisotopic (exact) mass is 382 g/mol. The summed E-state index contributed by atoms with van der Waals surface area (Å²) < 4.78 is 19.1. The maximum Gasteiger partial charge on any atom is 0.123 e. The second kappa shape index (κ2) is 8.69. The fourth-order valence-electron chi connectivity index (χ4n) is 3.08. The van der Waals surface area contributed by atoms with Crippen molar-refractivity contribution in [2.45, 2.75) is 32.3 Å². The minimum Gasteiger partial charge on any atom is -0.376 e. The Hall–Kier alpha value is -2.16. The van der Waals surface area contributed by atoms with E-state index in [4.69, 9.17) is 16.3 Å². The number of benzene rings is 3. The molecular formula is C24H24ClFO. The summed E-state index contributed by atoms with van der Waals surface area (Å²) in [6, 6.07) is 22.9. The number of hydrogen-bond donors (Lipinski definition) is 0. The van der Waals surface area contributed by atoms with E-state index in [2.05, 4.69) is 44.2 Å². The Balaban J connectivity index is 1.58. The van der Waals surface area contributed by atoms with Gasteiger partial charge in [0.1, 0.15) is 5.82 Å². The molecule has 0 aliphatic carbocycles. The third-order valence-corrected chi connectivity index (χ3v) is 4.92. The van der Waals surface area contributed by atoms with Crippen LogP contribution in [-0.2, 0) is 23.2 Å². The molecule has 0 saturated heterocycles. The van der Waals surface area contributed by atoms with Crippen molar-refractivity contribution in [2.24, 2.45) is 0 Å². The van der Waals surface area contributed by atoms with Crippen molar-refractivity contribution in [3.8, 4) is 0 Å². The van der Waals surface area contributed by atoms with Gasteiger partial charge in [-0.1, -0.05) is 74.0 Å². The summed E-state index contributed by atoms with van der Waals surface area (Å²) in [5.74, 6) is -0.204. The van der Waals surface area contributed by atoms with Gasteiger partial charge in [-0.05, 0) is 52.9 Å². The molecule has 0 saturated carbocycles. The highest BCUT2D eigenvalue weighted by atomic mass is 35.5.